The van der Waals surface area contributed by atoms with E-state index in [0.29, 0.717) is 22.1 Å². The third-order valence-electron chi connectivity index (χ3n) is 3.62. The average Bonchev–Trinajstić information content (AvgIpc) is 3.11. The smallest absolute Gasteiger partial charge is 0.276 e. The number of hydrogen-bond donors (Lipinski definition) is 3. The van der Waals surface area contributed by atoms with Crippen molar-refractivity contribution in [2.45, 2.75) is 12.8 Å². The van der Waals surface area contributed by atoms with Gasteiger partial charge in [0.1, 0.15) is 17.2 Å². The zero-order chi connectivity index (χ0) is 18.5. The Kier molecular flexibility index (Phi) is 5.28. The van der Waals surface area contributed by atoms with Gasteiger partial charge in [-0.05, 0) is 35.9 Å². The van der Waals surface area contributed by atoms with E-state index in [1.54, 1.807) is 30.5 Å². The van der Waals surface area contributed by atoms with E-state index in [1.165, 1.54) is 18.5 Å². The van der Waals surface area contributed by atoms with Crippen LogP contribution < -0.4 is 5.32 Å². The Morgan fingerprint density at radius 2 is 1.96 bits per heavy atom. The number of carbonyl (C=O) groups excluding carboxylic acids is 2. The summed E-state index contributed by atoms with van der Waals surface area (Å²) in [5, 5.41) is 12.8. The van der Waals surface area contributed by atoms with E-state index in [0.717, 1.165) is 0 Å². The number of halogens is 1. The summed E-state index contributed by atoms with van der Waals surface area (Å²) < 4.78 is 0. The van der Waals surface area contributed by atoms with Crippen LogP contribution in [0, 0.1) is 0 Å². The number of Topliss-reactive ketones (excluding diaryl/α,β-unsaturated/α-hetero) is 1. The molecule has 3 N–H and O–H groups in total. The molecular formula is C18H15ClN4O3. The van der Waals surface area contributed by atoms with Gasteiger partial charge in [-0.25, -0.2) is 4.98 Å². The minimum Gasteiger partial charge on any atom is -0.508 e. The second-order valence-corrected chi connectivity index (χ2v) is 6.04. The number of imidazole rings is 1. The van der Waals surface area contributed by atoms with E-state index in [-0.39, 0.29) is 30.1 Å². The number of benzene rings is 1. The number of rotatable bonds is 6. The summed E-state index contributed by atoms with van der Waals surface area (Å²) in [6.07, 6.45) is 4.72. The molecule has 0 saturated heterocycles. The van der Waals surface area contributed by atoms with Crippen LogP contribution in [0.3, 0.4) is 0 Å². The third-order valence-corrected chi connectivity index (χ3v) is 3.85. The first-order valence-electron chi connectivity index (χ1n) is 7.76. The molecule has 1 aromatic carbocycles. The second-order valence-electron chi connectivity index (χ2n) is 5.61. The largest absolute Gasteiger partial charge is 0.508 e. The van der Waals surface area contributed by atoms with E-state index in [9.17, 15) is 14.7 Å². The van der Waals surface area contributed by atoms with Crippen LogP contribution in [0.4, 0.5) is 5.95 Å². The van der Waals surface area contributed by atoms with E-state index in [1.807, 2.05) is 0 Å². The van der Waals surface area contributed by atoms with E-state index < -0.39 is 5.91 Å². The molecule has 0 unspecified atom stereocenters. The van der Waals surface area contributed by atoms with Crippen LogP contribution in [-0.4, -0.2) is 31.7 Å². The monoisotopic (exact) mass is 370 g/mol. The average molecular weight is 371 g/mol. The number of hydrogen-bond acceptors (Lipinski definition) is 5. The number of phenolic OH excluding ortho intramolecular Hbond substituents is 1. The maximum Gasteiger partial charge on any atom is 0.276 e. The van der Waals surface area contributed by atoms with Crippen LogP contribution in [0.5, 0.6) is 5.75 Å². The number of amides is 1. The number of aromatic hydroxyl groups is 1. The Labute approximate surface area is 154 Å². The highest BCUT2D eigenvalue weighted by Crippen LogP contribution is 2.22. The lowest BCUT2D eigenvalue weighted by Gasteiger charge is -2.06. The molecule has 0 bridgehead atoms. The lowest BCUT2D eigenvalue weighted by Crippen LogP contribution is -2.15. The Morgan fingerprint density at radius 1 is 1.12 bits per heavy atom. The Bertz CT molecular complexity index is 941. The van der Waals surface area contributed by atoms with E-state index >= 15 is 0 Å². The summed E-state index contributed by atoms with van der Waals surface area (Å²) in [5.74, 6) is -0.210. The maximum absolute atomic E-state index is 12.3. The van der Waals surface area contributed by atoms with Crippen LogP contribution in [0.15, 0.2) is 48.9 Å². The lowest BCUT2D eigenvalue weighted by molar-refractivity contribution is -0.117. The van der Waals surface area contributed by atoms with Crippen LogP contribution in [0.1, 0.15) is 21.6 Å². The number of nitrogens with one attached hydrogen (secondary N) is 2. The maximum atomic E-state index is 12.3. The molecule has 26 heavy (non-hydrogen) atoms. The topological polar surface area (TPSA) is 108 Å². The molecule has 8 heteroatoms. The van der Waals surface area contributed by atoms with Crippen molar-refractivity contribution < 1.29 is 14.7 Å². The summed E-state index contributed by atoms with van der Waals surface area (Å²) in [6, 6.07) is 7.78. The zero-order valence-corrected chi connectivity index (χ0v) is 14.3. The molecule has 2 aromatic heterocycles. The molecule has 0 atom stereocenters. The minimum atomic E-state index is -0.429. The number of pyridine rings is 1. The fraction of sp³-hybridized carbons (Fsp3) is 0.111. The van der Waals surface area contributed by atoms with E-state index in [2.05, 4.69) is 20.3 Å². The van der Waals surface area contributed by atoms with Gasteiger partial charge in [0.2, 0.25) is 5.95 Å². The van der Waals surface area contributed by atoms with Gasteiger partial charge in [-0.15, -0.1) is 0 Å². The fourth-order valence-corrected chi connectivity index (χ4v) is 2.61. The SMILES string of the molecule is O=C(Cc1ccnc(C(=O)Nc2ncc[nH]2)c1)Cc1cc(Cl)ccc1O. The lowest BCUT2D eigenvalue weighted by atomic mass is 10.0. The summed E-state index contributed by atoms with van der Waals surface area (Å²) in [7, 11) is 0. The van der Waals surface area contributed by atoms with Crippen molar-refractivity contribution >= 4 is 29.2 Å². The number of aromatic nitrogens is 3. The van der Waals surface area contributed by atoms with Crippen LogP contribution in [0.2, 0.25) is 5.02 Å². The van der Waals surface area contributed by atoms with Gasteiger partial charge in [-0.2, -0.15) is 0 Å². The summed E-state index contributed by atoms with van der Waals surface area (Å²) in [6.45, 7) is 0. The molecule has 0 aliphatic heterocycles. The first kappa shape index (κ1) is 17.6. The minimum absolute atomic E-state index is 0.0241. The molecule has 0 radical (unpaired) electrons. The molecule has 2 heterocycles. The normalized spacial score (nSPS) is 10.5. The molecule has 0 saturated carbocycles. The molecule has 0 spiro atoms. The van der Waals surface area contributed by atoms with Crippen molar-refractivity contribution in [3.8, 4) is 5.75 Å². The number of nitrogens with zero attached hydrogens (tertiary/aromatic N) is 2. The highest BCUT2D eigenvalue weighted by molar-refractivity contribution is 6.30. The highest BCUT2D eigenvalue weighted by atomic mass is 35.5. The van der Waals surface area contributed by atoms with Gasteiger partial charge in [0.25, 0.3) is 5.91 Å². The Hall–Kier alpha value is -3.19. The predicted octanol–water partition coefficient (Wildman–Crippen LogP) is 2.77. The standard InChI is InChI=1S/C18H15ClN4O3/c19-13-1-2-16(25)12(9-13)10-14(24)7-11-3-4-20-15(8-11)17(26)23-18-21-5-6-22-18/h1-6,8-9,25H,7,10H2,(H2,21,22,23,26). The summed E-state index contributed by atoms with van der Waals surface area (Å²) >= 11 is 5.89. The summed E-state index contributed by atoms with van der Waals surface area (Å²) in [4.78, 5) is 35.1. The molecule has 0 aliphatic carbocycles. The summed E-state index contributed by atoms with van der Waals surface area (Å²) in [5.41, 5.74) is 1.29. The van der Waals surface area contributed by atoms with Gasteiger partial charge in [-0.1, -0.05) is 11.6 Å². The van der Waals surface area contributed by atoms with Crippen molar-refractivity contribution in [3.63, 3.8) is 0 Å². The first-order valence-corrected chi connectivity index (χ1v) is 8.14. The number of carbonyl (C=O) groups is 2. The molecule has 132 valence electrons. The Morgan fingerprint density at radius 3 is 2.73 bits per heavy atom. The molecule has 7 nitrogen and oxygen atoms in total. The second kappa shape index (κ2) is 7.79. The van der Waals surface area contributed by atoms with Gasteiger partial charge in [0.05, 0.1) is 0 Å². The van der Waals surface area contributed by atoms with Crippen LogP contribution in [0.25, 0.3) is 0 Å². The number of anilines is 1. The van der Waals surface area contributed by atoms with Crippen molar-refractivity contribution in [2.24, 2.45) is 0 Å². The molecular weight excluding hydrogens is 356 g/mol. The van der Waals surface area contributed by atoms with Gasteiger partial charge < -0.3 is 10.1 Å². The highest BCUT2D eigenvalue weighted by Gasteiger charge is 2.13. The third kappa shape index (κ3) is 4.46. The number of H-pyrrole nitrogens is 1. The van der Waals surface area contributed by atoms with E-state index in [4.69, 9.17) is 11.6 Å². The van der Waals surface area contributed by atoms with Gasteiger partial charge in [-0.3, -0.25) is 19.9 Å². The van der Waals surface area contributed by atoms with Crippen LogP contribution >= 0.6 is 11.6 Å². The zero-order valence-electron chi connectivity index (χ0n) is 13.6. The van der Waals surface area contributed by atoms with Crippen molar-refractivity contribution in [2.75, 3.05) is 5.32 Å². The van der Waals surface area contributed by atoms with Gasteiger partial charge in [0, 0.05) is 42.0 Å². The van der Waals surface area contributed by atoms with Gasteiger partial charge in [0.15, 0.2) is 0 Å². The molecule has 3 rings (SSSR count). The molecule has 0 fully saturated rings. The van der Waals surface area contributed by atoms with Crippen molar-refractivity contribution in [1.82, 2.24) is 15.0 Å². The quantitative estimate of drug-likeness (QED) is 0.618. The first-order chi connectivity index (χ1) is 12.5. The van der Waals surface area contributed by atoms with Crippen LogP contribution in [-0.2, 0) is 17.6 Å². The fourth-order valence-electron chi connectivity index (χ4n) is 2.41. The molecule has 0 aliphatic rings. The predicted molar refractivity (Wildman–Crippen MR) is 96.3 cm³/mol. The van der Waals surface area contributed by atoms with Gasteiger partial charge >= 0.3 is 0 Å². The Balaban J connectivity index is 1.67. The number of ketones is 1. The number of phenols is 1. The van der Waals surface area contributed by atoms with Crippen molar-refractivity contribution in [1.29, 1.82) is 0 Å². The number of aromatic amines is 1. The van der Waals surface area contributed by atoms with Crippen molar-refractivity contribution in [3.05, 3.63) is 70.8 Å². The molecule has 1 amide bonds. The molecule has 3 aromatic rings.